The van der Waals surface area contributed by atoms with Crippen molar-refractivity contribution < 1.29 is 19.1 Å². The van der Waals surface area contributed by atoms with Crippen LogP contribution in [-0.4, -0.2) is 18.0 Å². The normalized spacial score (nSPS) is 11.8. The fourth-order valence-corrected chi connectivity index (χ4v) is 4.67. The van der Waals surface area contributed by atoms with Gasteiger partial charge in [-0.25, -0.2) is 4.79 Å². The zero-order valence-corrected chi connectivity index (χ0v) is 24.8. The zero-order valence-electron chi connectivity index (χ0n) is 24.8. The van der Waals surface area contributed by atoms with Crippen molar-refractivity contribution in [2.45, 2.75) is 136 Å². The molecule has 0 aliphatic rings. The number of ether oxygens (including phenoxy) is 2. The van der Waals surface area contributed by atoms with E-state index in [9.17, 15) is 9.59 Å². The smallest absolute Gasteiger partial charge is 0.338 e. The molecule has 0 saturated carbocycles. The molecule has 1 atom stereocenters. The van der Waals surface area contributed by atoms with Gasteiger partial charge in [0, 0.05) is 6.42 Å². The van der Waals surface area contributed by atoms with Gasteiger partial charge < -0.3 is 9.47 Å². The molecule has 1 unspecified atom stereocenters. The van der Waals surface area contributed by atoms with Gasteiger partial charge in [-0.3, -0.25) is 4.79 Å². The van der Waals surface area contributed by atoms with Crippen LogP contribution in [0.5, 0.6) is 5.75 Å². The van der Waals surface area contributed by atoms with Crippen LogP contribution in [0.4, 0.5) is 0 Å². The lowest BCUT2D eigenvalue weighted by molar-refractivity contribution is -0.134. The van der Waals surface area contributed by atoms with Crippen molar-refractivity contribution in [1.29, 1.82) is 0 Å². The molecule has 0 saturated heterocycles. The number of carbonyl (C=O) groups excluding carboxylic acids is 2. The lowest BCUT2D eigenvalue weighted by atomic mass is 10.0. The van der Waals surface area contributed by atoms with Crippen LogP contribution in [0.2, 0.25) is 0 Å². The summed E-state index contributed by atoms with van der Waals surface area (Å²) < 4.78 is 10.9. The van der Waals surface area contributed by atoms with Crippen molar-refractivity contribution in [2.75, 3.05) is 0 Å². The van der Waals surface area contributed by atoms with Crippen molar-refractivity contribution in [3.8, 4) is 16.9 Å². The van der Waals surface area contributed by atoms with Gasteiger partial charge >= 0.3 is 11.9 Å². The van der Waals surface area contributed by atoms with Crippen molar-refractivity contribution in [3.05, 3.63) is 54.1 Å². The third-order valence-electron chi connectivity index (χ3n) is 7.41. The Hall–Kier alpha value is -2.62. The molecule has 0 N–H and O–H groups in total. The molecular formula is C35H52O4. The summed E-state index contributed by atoms with van der Waals surface area (Å²) in [4.78, 5) is 24.4. The van der Waals surface area contributed by atoms with Crippen molar-refractivity contribution in [1.82, 2.24) is 0 Å². The van der Waals surface area contributed by atoms with Crippen molar-refractivity contribution >= 4 is 11.9 Å². The Bertz CT molecular complexity index is 917. The van der Waals surface area contributed by atoms with Crippen LogP contribution in [0, 0.1) is 0 Å². The van der Waals surface area contributed by atoms with Gasteiger partial charge in [0.05, 0.1) is 11.7 Å². The first-order valence-corrected chi connectivity index (χ1v) is 15.7. The van der Waals surface area contributed by atoms with E-state index in [0.29, 0.717) is 17.7 Å². The molecular weight excluding hydrogens is 484 g/mol. The summed E-state index contributed by atoms with van der Waals surface area (Å²) in [6.45, 7) is 6.15. The quantitative estimate of drug-likeness (QED) is 0.0904. The lowest BCUT2D eigenvalue weighted by Gasteiger charge is -2.11. The molecule has 0 heterocycles. The largest absolute Gasteiger partial charge is 0.459 e. The van der Waals surface area contributed by atoms with Gasteiger partial charge in [-0.2, -0.15) is 0 Å². The second-order valence-electron chi connectivity index (χ2n) is 10.9. The molecule has 0 radical (unpaired) electrons. The first kappa shape index (κ1) is 32.6. The van der Waals surface area contributed by atoms with E-state index in [1.165, 1.54) is 83.5 Å². The van der Waals surface area contributed by atoms with E-state index in [1.54, 1.807) is 12.1 Å². The maximum Gasteiger partial charge on any atom is 0.338 e. The molecule has 2 aromatic rings. The Balaban J connectivity index is 1.53. The third kappa shape index (κ3) is 14.4. The summed E-state index contributed by atoms with van der Waals surface area (Å²) >= 11 is 0. The standard InChI is InChI=1S/C35H52O4/c1-4-6-7-8-9-10-11-12-13-14-15-16-17-18-19-20-34(36)39-33-27-25-31(26-28-33)30-21-23-32(24-22-30)35(37)38-29(3)5-2/h21-29H,4-20H2,1-3H3. The molecule has 2 aromatic carbocycles. The van der Waals surface area contributed by atoms with Gasteiger partial charge in [-0.1, -0.05) is 128 Å². The molecule has 4 nitrogen and oxygen atoms in total. The third-order valence-corrected chi connectivity index (χ3v) is 7.41. The van der Waals surface area contributed by atoms with Gasteiger partial charge in [-0.05, 0) is 55.2 Å². The molecule has 0 aromatic heterocycles. The zero-order chi connectivity index (χ0) is 28.1. The number of hydrogen-bond donors (Lipinski definition) is 0. The van der Waals surface area contributed by atoms with E-state index in [-0.39, 0.29) is 18.0 Å². The van der Waals surface area contributed by atoms with Crippen LogP contribution < -0.4 is 4.74 Å². The van der Waals surface area contributed by atoms with Crippen LogP contribution in [0.15, 0.2) is 48.5 Å². The molecule has 4 heteroatoms. The Labute approximate surface area is 237 Å². The van der Waals surface area contributed by atoms with E-state index < -0.39 is 0 Å². The fraction of sp³-hybridized carbons (Fsp3) is 0.600. The van der Waals surface area contributed by atoms with Gasteiger partial charge in [-0.15, -0.1) is 0 Å². The average molecular weight is 537 g/mol. The van der Waals surface area contributed by atoms with E-state index >= 15 is 0 Å². The highest BCUT2D eigenvalue weighted by atomic mass is 16.5. The summed E-state index contributed by atoms with van der Waals surface area (Å²) in [5.41, 5.74) is 2.54. The number of hydrogen-bond acceptors (Lipinski definition) is 4. The summed E-state index contributed by atoms with van der Waals surface area (Å²) in [5, 5.41) is 0. The minimum Gasteiger partial charge on any atom is -0.459 e. The van der Waals surface area contributed by atoms with E-state index in [2.05, 4.69) is 6.92 Å². The molecule has 0 aliphatic heterocycles. The Morgan fingerprint density at radius 1 is 0.615 bits per heavy atom. The minimum atomic E-state index is -0.299. The summed E-state index contributed by atoms with van der Waals surface area (Å²) in [6, 6.07) is 14.9. The Kier molecular flexibility index (Phi) is 17.0. The van der Waals surface area contributed by atoms with E-state index in [0.717, 1.165) is 30.4 Å². The number of rotatable bonds is 21. The monoisotopic (exact) mass is 536 g/mol. The Morgan fingerprint density at radius 2 is 1.05 bits per heavy atom. The summed E-state index contributed by atoms with van der Waals surface area (Å²) in [7, 11) is 0. The van der Waals surface area contributed by atoms with Crippen molar-refractivity contribution in [3.63, 3.8) is 0 Å². The molecule has 0 spiro atoms. The molecule has 2 rings (SSSR count). The highest BCUT2D eigenvalue weighted by Crippen LogP contribution is 2.24. The second-order valence-corrected chi connectivity index (χ2v) is 10.9. The second kappa shape index (κ2) is 20.3. The summed E-state index contributed by atoms with van der Waals surface area (Å²) in [5.74, 6) is 0.104. The van der Waals surface area contributed by atoms with E-state index in [1.807, 2.05) is 50.2 Å². The number of carbonyl (C=O) groups is 2. The Morgan fingerprint density at radius 3 is 1.51 bits per heavy atom. The van der Waals surface area contributed by atoms with Gasteiger partial charge in [0.25, 0.3) is 0 Å². The number of esters is 2. The predicted molar refractivity (Wildman–Crippen MR) is 162 cm³/mol. The van der Waals surface area contributed by atoms with Crippen LogP contribution in [0.25, 0.3) is 11.1 Å². The van der Waals surface area contributed by atoms with Gasteiger partial charge in [0.2, 0.25) is 0 Å². The molecule has 0 amide bonds. The number of unbranched alkanes of at least 4 members (excludes halogenated alkanes) is 14. The van der Waals surface area contributed by atoms with Gasteiger partial charge in [0.15, 0.2) is 0 Å². The number of benzene rings is 2. The highest BCUT2D eigenvalue weighted by molar-refractivity contribution is 5.90. The van der Waals surface area contributed by atoms with Crippen LogP contribution in [0.3, 0.4) is 0 Å². The van der Waals surface area contributed by atoms with Crippen molar-refractivity contribution in [2.24, 2.45) is 0 Å². The lowest BCUT2D eigenvalue weighted by Crippen LogP contribution is -2.13. The maximum atomic E-state index is 12.2. The SMILES string of the molecule is CCCCCCCCCCCCCCCCCC(=O)Oc1ccc(-c2ccc(C(=O)OC(C)CC)cc2)cc1. The predicted octanol–water partition coefficient (Wildman–Crippen LogP) is 10.5. The fourth-order valence-electron chi connectivity index (χ4n) is 4.67. The molecule has 0 fully saturated rings. The highest BCUT2D eigenvalue weighted by Gasteiger charge is 2.11. The maximum absolute atomic E-state index is 12.2. The molecule has 0 bridgehead atoms. The molecule has 0 aliphatic carbocycles. The van der Waals surface area contributed by atoms with Crippen LogP contribution in [-0.2, 0) is 9.53 Å². The first-order chi connectivity index (χ1) is 19.0. The molecule has 216 valence electrons. The summed E-state index contributed by atoms with van der Waals surface area (Å²) in [6.07, 6.45) is 20.8. The first-order valence-electron chi connectivity index (χ1n) is 15.7. The minimum absolute atomic E-state index is 0.0911. The van der Waals surface area contributed by atoms with Gasteiger partial charge in [0.1, 0.15) is 5.75 Å². The van der Waals surface area contributed by atoms with Crippen LogP contribution >= 0.6 is 0 Å². The molecule has 39 heavy (non-hydrogen) atoms. The van der Waals surface area contributed by atoms with E-state index in [4.69, 9.17) is 9.47 Å². The topological polar surface area (TPSA) is 52.6 Å². The average Bonchev–Trinajstić information content (AvgIpc) is 2.95. The van der Waals surface area contributed by atoms with Crippen LogP contribution in [0.1, 0.15) is 140 Å².